The van der Waals surface area contributed by atoms with Crippen molar-refractivity contribution in [1.29, 1.82) is 0 Å². The van der Waals surface area contributed by atoms with Crippen LogP contribution in [0.25, 0.3) is 0 Å². The van der Waals surface area contributed by atoms with E-state index in [0.29, 0.717) is 38.5 Å². The van der Waals surface area contributed by atoms with Crippen LogP contribution in [-0.4, -0.2) is 38.6 Å². The first kappa shape index (κ1) is 13.9. The van der Waals surface area contributed by atoms with E-state index in [1.807, 2.05) is 0 Å². The van der Waals surface area contributed by atoms with Crippen LogP contribution in [-0.2, 0) is 16.0 Å². The predicted octanol–water partition coefficient (Wildman–Crippen LogP) is 1.28. The number of hydrogen-bond acceptors (Lipinski definition) is 4. The van der Waals surface area contributed by atoms with Crippen molar-refractivity contribution in [3.05, 3.63) is 29.6 Å². The smallest absolute Gasteiger partial charge is 0.127 e. The minimum Gasteiger partial charge on any atom is -0.508 e. The molecule has 0 radical (unpaired) electrons. The second-order valence-corrected chi connectivity index (χ2v) is 3.60. The Bertz CT molecular complexity index is 313. The SMILES string of the molecule is COCCOCCNCc1cc(O)cc(F)c1. The molecule has 0 spiro atoms. The van der Waals surface area contributed by atoms with E-state index in [4.69, 9.17) is 9.47 Å². The largest absolute Gasteiger partial charge is 0.508 e. The van der Waals surface area contributed by atoms with Gasteiger partial charge in [0.25, 0.3) is 0 Å². The highest BCUT2D eigenvalue weighted by atomic mass is 19.1. The maximum atomic E-state index is 12.9. The number of halogens is 1. The molecule has 0 saturated carbocycles. The Labute approximate surface area is 100 Å². The summed E-state index contributed by atoms with van der Waals surface area (Å²) in [5.74, 6) is -0.490. The number of aromatic hydroxyl groups is 1. The Balaban J connectivity index is 2.13. The maximum absolute atomic E-state index is 12.9. The molecule has 5 heteroatoms. The van der Waals surface area contributed by atoms with Crippen LogP contribution in [0.1, 0.15) is 5.56 Å². The molecule has 0 aliphatic rings. The van der Waals surface area contributed by atoms with Gasteiger partial charge >= 0.3 is 0 Å². The van der Waals surface area contributed by atoms with E-state index < -0.39 is 5.82 Å². The van der Waals surface area contributed by atoms with Gasteiger partial charge in [-0.2, -0.15) is 0 Å². The number of phenolic OH excluding ortho intramolecular Hbond substituents is 1. The lowest BCUT2D eigenvalue weighted by atomic mass is 10.2. The zero-order valence-corrected chi connectivity index (χ0v) is 9.91. The molecule has 0 aliphatic heterocycles. The fourth-order valence-electron chi connectivity index (χ4n) is 1.36. The number of ether oxygens (including phenoxy) is 2. The third kappa shape index (κ3) is 6.21. The molecule has 0 unspecified atom stereocenters. The molecule has 4 nitrogen and oxygen atoms in total. The van der Waals surface area contributed by atoms with E-state index in [1.54, 1.807) is 7.11 Å². The summed E-state index contributed by atoms with van der Waals surface area (Å²) in [4.78, 5) is 0. The summed E-state index contributed by atoms with van der Waals surface area (Å²) in [7, 11) is 1.62. The van der Waals surface area contributed by atoms with Crippen LogP contribution in [0.3, 0.4) is 0 Å². The van der Waals surface area contributed by atoms with Crippen LogP contribution in [0.4, 0.5) is 4.39 Å². The van der Waals surface area contributed by atoms with Crippen molar-refractivity contribution in [3.8, 4) is 5.75 Å². The molecule has 0 fully saturated rings. The molecule has 1 aromatic carbocycles. The lowest BCUT2D eigenvalue weighted by molar-refractivity contribution is 0.0719. The van der Waals surface area contributed by atoms with Gasteiger partial charge in [-0.1, -0.05) is 0 Å². The first-order valence-corrected chi connectivity index (χ1v) is 5.48. The molecule has 0 amide bonds. The summed E-state index contributed by atoms with van der Waals surface area (Å²) in [5.41, 5.74) is 0.708. The molecule has 1 aromatic rings. The Morgan fingerprint density at radius 1 is 1.24 bits per heavy atom. The van der Waals surface area contributed by atoms with Gasteiger partial charge in [-0.3, -0.25) is 0 Å². The molecule has 1 rings (SSSR count). The minimum atomic E-state index is -0.432. The van der Waals surface area contributed by atoms with Crippen LogP contribution < -0.4 is 5.32 Å². The highest BCUT2D eigenvalue weighted by Crippen LogP contribution is 2.14. The van der Waals surface area contributed by atoms with Crippen LogP contribution in [0, 0.1) is 5.82 Å². The van der Waals surface area contributed by atoms with Crippen molar-refractivity contribution >= 4 is 0 Å². The normalized spacial score (nSPS) is 10.7. The van der Waals surface area contributed by atoms with Crippen molar-refractivity contribution in [2.24, 2.45) is 0 Å². The molecule has 0 aromatic heterocycles. The fraction of sp³-hybridized carbons (Fsp3) is 0.500. The van der Waals surface area contributed by atoms with Crippen molar-refractivity contribution in [1.82, 2.24) is 5.32 Å². The molecule has 0 aliphatic carbocycles. The highest BCUT2D eigenvalue weighted by Gasteiger charge is 1.99. The van der Waals surface area contributed by atoms with Crippen molar-refractivity contribution in [3.63, 3.8) is 0 Å². The van der Waals surface area contributed by atoms with Gasteiger partial charge in [-0.25, -0.2) is 4.39 Å². The Morgan fingerprint density at radius 3 is 2.76 bits per heavy atom. The van der Waals surface area contributed by atoms with Crippen LogP contribution in [0.5, 0.6) is 5.75 Å². The van der Waals surface area contributed by atoms with E-state index in [2.05, 4.69) is 5.32 Å². The lowest BCUT2D eigenvalue weighted by Crippen LogP contribution is -2.20. The van der Waals surface area contributed by atoms with Gasteiger partial charge in [0.15, 0.2) is 0 Å². The standard InChI is InChI=1S/C12H18FNO3/c1-16-4-5-17-3-2-14-9-10-6-11(13)8-12(15)7-10/h6-8,14-15H,2-5,9H2,1H3. The Morgan fingerprint density at radius 2 is 2.06 bits per heavy atom. The molecule has 96 valence electrons. The van der Waals surface area contributed by atoms with Crippen LogP contribution >= 0.6 is 0 Å². The summed E-state index contributed by atoms with van der Waals surface area (Å²) < 4.78 is 23.0. The summed E-state index contributed by atoms with van der Waals surface area (Å²) in [5, 5.41) is 12.3. The summed E-state index contributed by atoms with van der Waals surface area (Å²) in [6, 6.07) is 4.00. The highest BCUT2D eigenvalue weighted by molar-refractivity contribution is 5.28. The van der Waals surface area contributed by atoms with E-state index >= 15 is 0 Å². The van der Waals surface area contributed by atoms with E-state index in [1.165, 1.54) is 12.1 Å². The number of benzene rings is 1. The predicted molar refractivity (Wildman–Crippen MR) is 62.5 cm³/mol. The first-order chi connectivity index (χ1) is 8.22. The quantitative estimate of drug-likeness (QED) is 0.675. The van der Waals surface area contributed by atoms with Crippen molar-refractivity contribution in [2.45, 2.75) is 6.54 Å². The van der Waals surface area contributed by atoms with Gasteiger partial charge in [-0.05, 0) is 17.7 Å². The number of phenols is 1. The lowest BCUT2D eigenvalue weighted by Gasteiger charge is -2.06. The molecule has 0 heterocycles. The number of nitrogens with one attached hydrogen (secondary N) is 1. The summed E-state index contributed by atoms with van der Waals surface area (Å²) in [6.07, 6.45) is 0. The van der Waals surface area contributed by atoms with Gasteiger partial charge in [0.05, 0.1) is 19.8 Å². The van der Waals surface area contributed by atoms with E-state index in [9.17, 15) is 9.50 Å². The number of rotatable bonds is 8. The number of hydrogen-bond donors (Lipinski definition) is 2. The minimum absolute atomic E-state index is 0.0573. The van der Waals surface area contributed by atoms with Crippen LogP contribution in [0.2, 0.25) is 0 Å². The van der Waals surface area contributed by atoms with Crippen LogP contribution in [0.15, 0.2) is 18.2 Å². The second-order valence-electron chi connectivity index (χ2n) is 3.60. The van der Waals surface area contributed by atoms with E-state index in [-0.39, 0.29) is 5.75 Å². The maximum Gasteiger partial charge on any atom is 0.127 e. The third-order valence-corrected chi connectivity index (χ3v) is 2.13. The molecule has 2 N–H and O–H groups in total. The van der Waals surface area contributed by atoms with Gasteiger partial charge in [-0.15, -0.1) is 0 Å². The van der Waals surface area contributed by atoms with Gasteiger partial charge < -0.3 is 19.9 Å². The van der Waals surface area contributed by atoms with E-state index in [0.717, 1.165) is 6.07 Å². The average Bonchev–Trinajstić information content (AvgIpc) is 2.26. The molecular formula is C12H18FNO3. The summed E-state index contributed by atoms with van der Waals surface area (Å²) >= 11 is 0. The topological polar surface area (TPSA) is 50.7 Å². The van der Waals surface area contributed by atoms with Gasteiger partial charge in [0, 0.05) is 26.3 Å². The Kier molecular flexibility index (Phi) is 6.54. The zero-order valence-electron chi connectivity index (χ0n) is 9.91. The van der Waals surface area contributed by atoms with Crippen molar-refractivity contribution in [2.75, 3.05) is 33.5 Å². The fourth-order valence-corrected chi connectivity index (χ4v) is 1.36. The molecule has 17 heavy (non-hydrogen) atoms. The summed E-state index contributed by atoms with van der Waals surface area (Å²) in [6.45, 7) is 2.89. The average molecular weight is 243 g/mol. The third-order valence-electron chi connectivity index (χ3n) is 2.13. The molecule has 0 atom stereocenters. The second kappa shape index (κ2) is 8.00. The molecule has 0 bridgehead atoms. The molecule has 0 saturated heterocycles. The monoisotopic (exact) mass is 243 g/mol. The Hall–Kier alpha value is -1.17. The van der Waals surface area contributed by atoms with Gasteiger partial charge in [0.1, 0.15) is 11.6 Å². The number of methoxy groups -OCH3 is 1. The first-order valence-electron chi connectivity index (χ1n) is 5.48. The molecular weight excluding hydrogens is 225 g/mol. The van der Waals surface area contributed by atoms with Crippen molar-refractivity contribution < 1.29 is 19.0 Å². The van der Waals surface area contributed by atoms with Gasteiger partial charge in [0.2, 0.25) is 0 Å². The zero-order chi connectivity index (χ0) is 12.5.